The first-order valence-corrected chi connectivity index (χ1v) is 7.66. The van der Waals surface area contributed by atoms with Gasteiger partial charge in [0, 0.05) is 19.0 Å². The highest BCUT2D eigenvalue weighted by molar-refractivity contribution is 7.90. The third-order valence-electron chi connectivity index (χ3n) is 2.64. The lowest BCUT2D eigenvalue weighted by Gasteiger charge is -2.06. The molecule has 0 saturated heterocycles. The first-order chi connectivity index (χ1) is 8.51. The molecule has 0 amide bonds. The van der Waals surface area contributed by atoms with Gasteiger partial charge in [-0.3, -0.25) is 0 Å². The van der Waals surface area contributed by atoms with Crippen molar-refractivity contribution in [3.63, 3.8) is 0 Å². The van der Waals surface area contributed by atoms with Crippen molar-refractivity contribution < 1.29 is 13.5 Å². The summed E-state index contributed by atoms with van der Waals surface area (Å²) in [5.41, 5.74) is 1.39. The molecule has 2 rings (SSSR count). The van der Waals surface area contributed by atoms with E-state index in [1.165, 1.54) is 6.26 Å². The average molecular weight is 269 g/mol. The highest BCUT2D eigenvalue weighted by Gasteiger charge is 2.11. The van der Waals surface area contributed by atoms with Crippen molar-refractivity contribution >= 4 is 21.0 Å². The molecule has 0 saturated carbocycles. The summed E-state index contributed by atoms with van der Waals surface area (Å²) in [5, 5.41) is 9.25. The molecule has 0 aliphatic carbocycles. The van der Waals surface area contributed by atoms with Gasteiger partial charge in [0.25, 0.3) is 0 Å². The van der Waals surface area contributed by atoms with Gasteiger partial charge < -0.3 is 9.67 Å². The Labute approximate surface area is 105 Å². The lowest BCUT2D eigenvalue weighted by atomic mass is 10.4. The second-order valence-electron chi connectivity index (χ2n) is 4.17. The van der Waals surface area contributed by atoms with Crippen molar-refractivity contribution in [2.45, 2.75) is 19.6 Å². The molecule has 2 aromatic heterocycles. The van der Waals surface area contributed by atoms with Crippen LogP contribution >= 0.6 is 0 Å². The molecule has 18 heavy (non-hydrogen) atoms. The van der Waals surface area contributed by atoms with Crippen LogP contribution in [0, 0.1) is 0 Å². The lowest BCUT2D eigenvalue weighted by molar-refractivity contribution is 0.265. The predicted molar refractivity (Wildman–Crippen MR) is 67.8 cm³/mol. The smallest absolute Gasteiger partial charge is 0.177 e. The van der Waals surface area contributed by atoms with E-state index in [2.05, 4.69) is 9.97 Å². The van der Waals surface area contributed by atoms with Gasteiger partial charge in [0.1, 0.15) is 22.3 Å². The van der Waals surface area contributed by atoms with Gasteiger partial charge in [-0.25, -0.2) is 18.4 Å². The molecule has 0 aromatic carbocycles. The summed E-state index contributed by atoms with van der Waals surface area (Å²) >= 11 is 0. The quantitative estimate of drug-likeness (QED) is 0.847. The molecule has 1 N–H and O–H groups in total. The summed E-state index contributed by atoms with van der Waals surface area (Å²) in [5.74, 6) is 0.634. The lowest BCUT2D eigenvalue weighted by Crippen LogP contribution is -2.09. The number of aromatic nitrogens is 3. The van der Waals surface area contributed by atoms with Crippen LogP contribution in [-0.4, -0.2) is 40.1 Å². The maximum atomic E-state index is 11.1. The molecule has 98 valence electrons. The van der Waals surface area contributed by atoms with E-state index in [1.54, 1.807) is 12.3 Å². The molecule has 0 fully saturated rings. The largest absolute Gasteiger partial charge is 0.388 e. The first-order valence-electron chi connectivity index (χ1n) is 5.60. The van der Waals surface area contributed by atoms with E-state index < -0.39 is 9.84 Å². The maximum Gasteiger partial charge on any atom is 0.177 e. The Morgan fingerprint density at radius 3 is 2.89 bits per heavy atom. The fourth-order valence-electron chi connectivity index (χ4n) is 1.86. The standard InChI is InChI=1S/C11H15N3O3S/c1-18(16,17)7-3-6-14-9-4-2-5-12-11(9)13-10(14)8-15/h2,4-5,15H,3,6-8H2,1H3. The van der Waals surface area contributed by atoms with Gasteiger partial charge >= 0.3 is 0 Å². The van der Waals surface area contributed by atoms with Crippen molar-refractivity contribution in [2.24, 2.45) is 0 Å². The van der Waals surface area contributed by atoms with Crippen LogP contribution in [0.5, 0.6) is 0 Å². The molecule has 0 atom stereocenters. The number of hydrogen-bond donors (Lipinski definition) is 1. The summed E-state index contributed by atoms with van der Waals surface area (Å²) in [4.78, 5) is 8.30. The van der Waals surface area contributed by atoms with Gasteiger partial charge in [-0.15, -0.1) is 0 Å². The third-order valence-corrected chi connectivity index (χ3v) is 3.67. The first kappa shape index (κ1) is 13.0. The third kappa shape index (κ3) is 2.85. The second-order valence-corrected chi connectivity index (χ2v) is 6.43. The molecular weight excluding hydrogens is 254 g/mol. The fraction of sp³-hybridized carbons (Fsp3) is 0.455. The molecule has 0 aliphatic rings. The minimum absolute atomic E-state index is 0.123. The van der Waals surface area contributed by atoms with Crippen LogP contribution in [0.2, 0.25) is 0 Å². The zero-order valence-corrected chi connectivity index (χ0v) is 10.9. The number of rotatable bonds is 5. The normalized spacial score (nSPS) is 12.1. The van der Waals surface area contributed by atoms with E-state index in [-0.39, 0.29) is 12.4 Å². The molecule has 0 bridgehead atoms. The highest BCUT2D eigenvalue weighted by atomic mass is 32.2. The number of imidazole rings is 1. The van der Waals surface area contributed by atoms with Gasteiger partial charge in [-0.2, -0.15) is 0 Å². The van der Waals surface area contributed by atoms with Gasteiger partial charge in [0.15, 0.2) is 5.65 Å². The molecule has 0 aliphatic heterocycles. The molecule has 7 heteroatoms. The van der Waals surface area contributed by atoms with Gasteiger partial charge in [0.2, 0.25) is 0 Å². The predicted octanol–water partition coefficient (Wildman–Crippen LogP) is 0.358. The van der Waals surface area contributed by atoms with Gasteiger partial charge in [0.05, 0.1) is 11.3 Å². The Hall–Kier alpha value is -1.47. The van der Waals surface area contributed by atoms with Crippen molar-refractivity contribution in [3.8, 4) is 0 Å². The van der Waals surface area contributed by atoms with E-state index in [1.807, 2.05) is 10.6 Å². The van der Waals surface area contributed by atoms with E-state index in [9.17, 15) is 13.5 Å². The van der Waals surface area contributed by atoms with E-state index in [0.29, 0.717) is 24.4 Å². The number of hydrogen-bond acceptors (Lipinski definition) is 5. The van der Waals surface area contributed by atoms with Crippen LogP contribution in [-0.2, 0) is 23.0 Å². The van der Waals surface area contributed by atoms with E-state index in [0.717, 1.165) is 5.52 Å². The summed E-state index contributed by atoms with van der Waals surface area (Å²) < 4.78 is 24.0. The topological polar surface area (TPSA) is 85.1 Å². The molecule has 2 heterocycles. The van der Waals surface area contributed by atoms with Crippen LogP contribution in [0.4, 0.5) is 0 Å². The summed E-state index contributed by atoms with van der Waals surface area (Å²) in [7, 11) is -2.96. The van der Waals surface area contributed by atoms with Crippen LogP contribution in [0.25, 0.3) is 11.2 Å². The Bertz CT molecular complexity index is 649. The SMILES string of the molecule is CS(=O)(=O)CCCn1c(CO)nc2ncccc21. The van der Waals surface area contributed by atoms with Gasteiger partial charge in [-0.05, 0) is 18.6 Å². The fourth-order valence-corrected chi connectivity index (χ4v) is 2.52. The molecular formula is C11H15N3O3S. The number of sulfone groups is 1. The van der Waals surface area contributed by atoms with Crippen LogP contribution in [0.3, 0.4) is 0 Å². The van der Waals surface area contributed by atoms with Crippen LogP contribution in [0.1, 0.15) is 12.2 Å². The Kier molecular flexibility index (Phi) is 3.63. The minimum atomic E-state index is -2.96. The van der Waals surface area contributed by atoms with Crippen molar-refractivity contribution in [3.05, 3.63) is 24.2 Å². The monoisotopic (exact) mass is 269 g/mol. The summed E-state index contributed by atoms with van der Waals surface area (Å²) in [6, 6.07) is 3.65. The number of nitrogens with zero attached hydrogens (tertiary/aromatic N) is 3. The molecule has 0 radical (unpaired) electrons. The Morgan fingerprint density at radius 1 is 1.44 bits per heavy atom. The van der Waals surface area contributed by atoms with Crippen LogP contribution in [0.15, 0.2) is 18.3 Å². The molecule has 0 spiro atoms. The Balaban J connectivity index is 2.25. The van der Waals surface area contributed by atoms with Gasteiger partial charge in [-0.1, -0.05) is 0 Å². The second kappa shape index (κ2) is 5.03. The zero-order valence-electron chi connectivity index (χ0n) is 10.1. The van der Waals surface area contributed by atoms with E-state index >= 15 is 0 Å². The van der Waals surface area contributed by atoms with E-state index in [4.69, 9.17) is 0 Å². The molecule has 0 unspecified atom stereocenters. The number of pyridine rings is 1. The molecule has 2 aromatic rings. The van der Waals surface area contributed by atoms with Crippen LogP contribution < -0.4 is 0 Å². The Morgan fingerprint density at radius 2 is 2.22 bits per heavy atom. The van der Waals surface area contributed by atoms with Crippen molar-refractivity contribution in [2.75, 3.05) is 12.0 Å². The number of aryl methyl sites for hydroxylation is 1. The number of aliphatic hydroxyl groups excluding tert-OH is 1. The average Bonchev–Trinajstić information content (AvgIpc) is 2.66. The number of fused-ring (bicyclic) bond motifs is 1. The van der Waals surface area contributed by atoms with Crippen molar-refractivity contribution in [1.82, 2.24) is 14.5 Å². The highest BCUT2D eigenvalue weighted by Crippen LogP contribution is 2.14. The number of aliphatic hydroxyl groups is 1. The zero-order chi connectivity index (χ0) is 13.2. The maximum absolute atomic E-state index is 11.1. The molecule has 6 nitrogen and oxygen atoms in total. The van der Waals surface area contributed by atoms with Crippen molar-refractivity contribution in [1.29, 1.82) is 0 Å². The minimum Gasteiger partial charge on any atom is -0.388 e. The summed E-state index contributed by atoms with van der Waals surface area (Å²) in [6.45, 7) is 0.320. The summed E-state index contributed by atoms with van der Waals surface area (Å²) in [6.07, 6.45) is 3.34.